The van der Waals surface area contributed by atoms with Crippen molar-refractivity contribution < 1.29 is 23.4 Å². The van der Waals surface area contributed by atoms with E-state index in [-0.39, 0.29) is 0 Å². The molecule has 174 valence electrons. The highest BCUT2D eigenvalue weighted by Crippen LogP contribution is 2.42. The molecule has 2 aromatic heterocycles. The lowest BCUT2D eigenvalue weighted by atomic mass is 10.0. The van der Waals surface area contributed by atoms with Gasteiger partial charge in [0.1, 0.15) is 11.1 Å². The zero-order valence-electron chi connectivity index (χ0n) is 18.7. The van der Waals surface area contributed by atoms with E-state index in [9.17, 15) is 9.59 Å². The molecule has 0 amide bonds. The van der Waals surface area contributed by atoms with Gasteiger partial charge in [0.05, 0.1) is 25.5 Å². The van der Waals surface area contributed by atoms with Crippen molar-refractivity contribution in [2.24, 2.45) is 0 Å². The molecule has 0 spiro atoms. The molecule has 5 aromatic rings. The molecule has 3 aromatic carbocycles. The van der Waals surface area contributed by atoms with Crippen LogP contribution in [0.5, 0.6) is 11.5 Å². The number of hydrogen-bond donors (Lipinski definition) is 1. The summed E-state index contributed by atoms with van der Waals surface area (Å²) in [6.45, 7) is 0. The molecule has 6 rings (SSSR count). The van der Waals surface area contributed by atoms with Gasteiger partial charge < -0.3 is 23.9 Å². The summed E-state index contributed by atoms with van der Waals surface area (Å²) < 4.78 is 21.8. The van der Waals surface area contributed by atoms with Gasteiger partial charge in [-0.15, -0.1) is 11.3 Å². The lowest BCUT2D eigenvalue weighted by molar-refractivity contribution is 0.0435. The normalized spacial score (nSPS) is 14.7. The van der Waals surface area contributed by atoms with Gasteiger partial charge in [-0.25, -0.2) is 14.6 Å². The predicted octanol–water partition coefficient (Wildman–Crippen LogP) is 5.37. The molecule has 9 heteroatoms. The topological polar surface area (TPSA) is 99.9 Å². The second-order valence-electron chi connectivity index (χ2n) is 7.88. The molecule has 0 unspecified atom stereocenters. The number of rotatable bonds is 5. The molecular formula is C26H18N2O6S. The first kappa shape index (κ1) is 21.2. The van der Waals surface area contributed by atoms with Crippen LogP contribution < -0.4 is 20.4 Å². The molecule has 1 aliphatic heterocycles. The number of esters is 1. The van der Waals surface area contributed by atoms with E-state index in [4.69, 9.17) is 18.6 Å². The number of benzene rings is 3. The van der Waals surface area contributed by atoms with Crippen molar-refractivity contribution in [1.82, 2.24) is 4.98 Å². The number of thiazole rings is 1. The predicted molar refractivity (Wildman–Crippen MR) is 132 cm³/mol. The summed E-state index contributed by atoms with van der Waals surface area (Å²) in [6, 6.07) is 16.9. The van der Waals surface area contributed by atoms with E-state index in [0.717, 1.165) is 16.2 Å². The number of anilines is 1. The van der Waals surface area contributed by atoms with Crippen LogP contribution in [0.25, 0.3) is 33.0 Å². The molecule has 0 saturated carbocycles. The summed E-state index contributed by atoms with van der Waals surface area (Å²) in [7, 11) is 2.97. The Hall–Kier alpha value is -4.37. The molecule has 1 atom stereocenters. The lowest BCUT2D eigenvalue weighted by Crippen LogP contribution is -2.10. The van der Waals surface area contributed by atoms with Gasteiger partial charge in [0.2, 0.25) is 6.23 Å². The molecule has 1 N–H and O–H groups in total. The van der Waals surface area contributed by atoms with Crippen LogP contribution in [0, 0.1) is 0 Å². The van der Waals surface area contributed by atoms with Crippen LogP contribution in [0.3, 0.4) is 0 Å². The number of carbonyl (C=O) groups excluding carboxylic acids is 1. The van der Waals surface area contributed by atoms with Crippen LogP contribution in [-0.4, -0.2) is 25.2 Å². The number of ether oxygens (including phenoxy) is 3. The van der Waals surface area contributed by atoms with Crippen molar-refractivity contribution in [3.8, 4) is 22.8 Å². The van der Waals surface area contributed by atoms with E-state index in [0.29, 0.717) is 44.6 Å². The zero-order valence-corrected chi connectivity index (χ0v) is 19.5. The van der Waals surface area contributed by atoms with Crippen LogP contribution in [0.2, 0.25) is 0 Å². The van der Waals surface area contributed by atoms with Gasteiger partial charge in [-0.1, -0.05) is 30.3 Å². The number of fused-ring (bicyclic) bond motifs is 4. The van der Waals surface area contributed by atoms with Gasteiger partial charge in [-0.2, -0.15) is 0 Å². The second-order valence-corrected chi connectivity index (χ2v) is 8.74. The monoisotopic (exact) mass is 486 g/mol. The second kappa shape index (κ2) is 8.14. The smallest absolute Gasteiger partial charge is 0.345 e. The van der Waals surface area contributed by atoms with E-state index in [1.807, 2.05) is 36.4 Å². The first-order valence-electron chi connectivity index (χ1n) is 10.7. The Morgan fingerprint density at radius 2 is 1.86 bits per heavy atom. The average Bonchev–Trinajstić information content (AvgIpc) is 3.47. The Bertz CT molecular complexity index is 1690. The number of aromatic nitrogens is 1. The van der Waals surface area contributed by atoms with Gasteiger partial charge in [-0.3, -0.25) is 0 Å². The first-order chi connectivity index (χ1) is 17.1. The molecule has 35 heavy (non-hydrogen) atoms. The summed E-state index contributed by atoms with van der Waals surface area (Å²) in [6.07, 6.45) is -0.756. The van der Waals surface area contributed by atoms with Crippen LogP contribution >= 0.6 is 11.3 Å². The van der Waals surface area contributed by atoms with Crippen molar-refractivity contribution in [1.29, 1.82) is 0 Å². The third-order valence-corrected chi connectivity index (χ3v) is 6.74. The van der Waals surface area contributed by atoms with Crippen molar-refractivity contribution >= 4 is 44.2 Å². The zero-order chi connectivity index (χ0) is 24.1. The number of nitrogens with zero attached hydrogens (tertiary/aromatic N) is 1. The third kappa shape index (κ3) is 3.39. The molecule has 0 radical (unpaired) electrons. The number of methoxy groups -OCH3 is 2. The summed E-state index contributed by atoms with van der Waals surface area (Å²) >= 11 is 1.29. The Morgan fingerprint density at radius 3 is 2.69 bits per heavy atom. The summed E-state index contributed by atoms with van der Waals surface area (Å²) in [4.78, 5) is 29.9. The molecule has 0 saturated heterocycles. The average molecular weight is 487 g/mol. The largest absolute Gasteiger partial charge is 0.493 e. The maximum Gasteiger partial charge on any atom is 0.345 e. The van der Waals surface area contributed by atoms with E-state index in [2.05, 4.69) is 10.3 Å². The van der Waals surface area contributed by atoms with Crippen LogP contribution in [0.4, 0.5) is 5.13 Å². The van der Waals surface area contributed by atoms with E-state index in [1.165, 1.54) is 25.6 Å². The Labute approximate surface area is 202 Å². The number of cyclic esters (lactones) is 1. The van der Waals surface area contributed by atoms with E-state index >= 15 is 0 Å². The third-order valence-electron chi connectivity index (χ3n) is 5.97. The minimum absolute atomic E-state index is 0.309. The summed E-state index contributed by atoms with van der Waals surface area (Å²) in [5.41, 5.74) is 1.79. The Balaban J connectivity index is 1.36. The summed E-state index contributed by atoms with van der Waals surface area (Å²) in [5, 5.41) is 8.25. The highest BCUT2D eigenvalue weighted by Gasteiger charge is 2.36. The van der Waals surface area contributed by atoms with Crippen LogP contribution in [0.1, 0.15) is 22.1 Å². The van der Waals surface area contributed by atoms with Crippen LogP contribution in [-0.2, 0) is 4.74 Å². The SMILES string of the molecule is COc1ccc2c(c1OC)C(=O)O[C@H]2Nc1nc(-c2cc3c(ccc4ccccc43)oc2=O)cs1. The maximum absolute atomic E-state index is 12.7. The first-order valence-corrected chi connectivity index (χ1v) is 11.6. The van der Waals surface area contributed by atoms with Crippen molar-refractivity contribution in [2.45, 2.75) is 6.23 Å². The fourth-order valence-corrected chi connectivity index (χ4v) is 5.06. The van der Waals surface area contributed by atoms with Gasteiger partial charge in [0.15, 0.2) is 16.6 Å². The standard InChI is InChI=1S/C26H18N2O6S/c1-31-20-10-8-15-21(22(20)32-2)25(30)34-23(15)28-26-27-18(12-35-26)17-11-16-14-6-4-3-5-13(14)7-9-19(16)33-24(17)29/h3-12,23H,1-2H3,(H,27,28)/t23-/m1/s1. The Kier molecular flexibility index (Phi) is 4.93. The van der Waals surface area contributed by atoms with Gasteiger partial charge in [0, 0.05) is 16.3 Å². The highest BCUT2D eigenvalue weighted by molar-refractivity contribution is 7.14. The molecule has 1 aliphatic rings. The van der Waals surface area contributed by atoms with Crippen LogP contribution in [0.15, 0.2) is 69.2 Å². The minimum Gasteiger partial charge on any atom is -0.493 e. The van der Waals surface area contributed by atoms with Gasteiger partial charge >= 0.3 is 11.6 Å². The fourth-order valence-electron chi connectivity index (χ4n) is 4.33. The van der Waals surface area contributed by atoms with Crippen molar-refractivity contribution in [3.05, 3.63) is 81.5 Å². The molecular weight excluding hydrogens is 468 g/mol. The van der Waals surface area contributed by atoms with Gasteiger partial charge in [0.25, 0.3) is 0 Å². The number of carbonyl (C=O) groups is 1. The summed E-state index contributed by atoms with van der Waals surface area (Å²) in [5.74, 6) is 0.239. The number of nitrogens with one attached hydrogen (secondary N) is 1. The quantitative estimate of drug-likeness (QED) is 0.201. The van der Waals surface area contributed by atoms with Gasteiger partial charge in [-0.05, 0) is 35.0 Å². The Morgan fingerprint density at radius 1 is 1.00 bits per heavy atom. The van der Waals surface area contributed by atoms with E-state index < -0.39 is 17.8 Å². The molecule has 0 aliphatic carbocycles. The fraction of sp³-hybridized carbons (Fsp3) is 0.115. The maximum atomic E-state index is 12.7. The lowest BCUT2D eigenvalue weighted by Gasteiger charge is -2.13. The minimum atomic E-state index is -0.756. The van der Waals surface area contributed by atoms with Crippen molar-refractivity contribution in [3.63, 3.8) is 0 Å². The van der Waals surface area contributed by atoms with Crippen molar-refractivity contribution in [2.75, 3.05) is 19.5 Å². The molecule has 8 nitrogen and oxygen atoms in total. The molecule has 0 fully saturated rings. The number of hydrogen-bond acceptors (Lipinski definition) is 9. The molecule has 3 heterocycles. The molecule has 0 bridgehead atoms. The van der Waals surface area contributed by atoms with E-state index in [1.54, 1.807) is 23.6 Å². The highest BCUT2D eigenvalue weighted by atomic mass is 32.1.